The van der Waals surface area contributed by atoms with Gasteiger partial charge in [0.05, 0.1) is 47.5 Å². The van der Waals surface area contributed by atoms with Gasteiger partial charge in [-0.3, -0.25) is 9.78 Å². The Morgan fingerprint density at radius 1 is 1.19 bits per heavy atom. The Labute approximate surface area is 205 Å². The largest absolute Gasteiger partial charge is 0.477 e. The van der Waals surface area contributed by atoms with Crippen LogP contribution in [0.1, 0.15) is 27.2 Å². The van der Waals surface area contributed by atoms with Crippen LogP contribution in [0.25, 0.3) is 16.6 Å². The van der Waals surface area contributed by atoms with Crippen LogP contribution < -0.4 is 15.1 Å². The summed E-state index contributed by atoms with van der Waals surface area (Å²) in [7, 11) is 1.57. The summed E-state index contributed by atoms with van der Waals surface area (Å²) in [5.41, 5.74) is 2.82. The van der Waals surface area contributed by atoms with Gasteiger partial charge in [0.1, 0.15) is 18.2 Å². The first-order valence-corrected chi connectivity index (χ1v) is 11.1. The van der Waals surface area contributed by atoms with E-state index in [1.807, 2.05) is 17.0 Å². The van der Waals surface area contributed by atoms with Crippen molar-refractivity contribution in [3.63, 3.8) is 0 Å². The highest BCUT2D eigenvalue weighted by Crippen LogP contribution is 2.33. The molecule has 36 heavy (non-hydrogen) atoms. The summed E-state index contributed by atoms with van der Waals surface area (Å²) < 4.78 is 12.1. The zero-order valence-corrected chi connectivity index (χ0v) is 19.3. The normalized spacial score (nSPS) is 12.4. The highest BCUT2D eigenvalue weighted by atomic mass is 16.5. The number of aromatic carboxylic acids is 1. The summed E-state index contributed by atoms with van der Waals surface area (Å²) in [6.07, 6.45) is 4.55. The van der Waals surface area contributed by atoms with Gasteiger partial charge in [0, 0.05) is 37.5 Å². The van der Waals surface area contributed by atoms with Gasteiger partial charge in [-0.2, -0.15) is 5.26 Å². The first-order chi connectivity index (χ1) is 17.5. The van der Waals surface area contributed by atoms with Gasteiger partial charge in [-0.15, -0.1) is 0 Å². The number of hydrogen-bond donors (Lipinski definition) is 1. The fourth-order valence-corrected chi connectivity index (χ4v) is 4.28. The summed E-state index contributed by atoms with van der Waals surface area (Å²) >= 11 is 0. The van der Waals surface area contributed by atoms with Crippen LogP contribution in [0.2, 0.25) is 0 Å². The lowest BCUT2D eigenvalue weighted by Crippen LogP contribution is -2.20. The number of nitriles is 1. The first-order valence-electron chi connectivity index (χ1n) is 11.1. The Balaban J connectivity index is 1.65. The van der Waals surface area contributed by atoms with E-state index in [0.717, 1.165) is 11.3 Å². The second-order valence-electron chi connectivity index (χ2n) is 8.21. The van der Waals surface area contributed by atoms with Gasteiger partial charge in [0.25, 0.3) is 0 Å². The predicted octanol–water partition coefficient (Wildman–Crippen LogP) is 2.90. The van der Waals surface area contributed by atoms with Gasteiger partial charge in [-0.25, -0.2) is 9.78 Å². The number of aromatic nitrogens is 3. The van der Waals surface area contributed by atoms with Crippen LogP contribution in [-0.4, -0.2) is 45.9 Å². The third-order valence-corrected chi connectivity index (χ3v) is 6.04. The number of anilines is 1. The standard InChI is InChI=1S/C26H21N5O5/c1-35-7-8-36-24-5-4-18(12-29-24)31-14-20(26(33)34)25(32)19-9-17(11-27)22(10-23(19)31)30-13-16-3-2-6-28-21(16)15-30/h2-6,9-10,12,14H,7-8,13,15H2,1H3,(H,33,34). The minimum absolute atomic E-state index is 0.130. The number of fused-ring (bicyclic) bond motifs is 2. The lowest BCUT2D eigenvalue weighted by Gasteiger charge is -2.21. The van der Waals surface area contributed by atoms with Crippen molar-refractivity contribution in [2.75, 3.05) is 25.2 Å². The molecule has 4 heterocycles. The van der Waals surface area contributed by atoms with Crippen molar-refractivity contribution in [1.29, 1.82) is 5.26 Å². The SMILES string of the molecule is COCCOc1ccc(-n2cc(C(=O)O)c(=O)c3cc(C#N)c(N4Cc5cccnc5C4)cc32)cn1. The molecule has 0 radical (unpaired) electrons. The summed E-state index contributed by atoms with van der Waals surface area (Å²) in [6, 6.07) is 12.6. The van der Waals surface area contributed by atoms with Crippen molar-refractivity contribution in [1.82, 2.24) is 14.5 Å². The molecule has 10 heteroatoms. The Hall–Kier alpha value is -4.75. The van der Waals surface area contributed by atoms with Crippen LogP contribution in [0.5, 0.6) is 5.88 Å². The van der Waals surface area contributed by atoms with Crippen LogP contribution in [0.4, 0.5) is 5.69 Å². The molecule has 0 atom stereocenters. The van der Waals surface area contributed by atoms with E-state index in [1.54, 1.807) is 36.1 Å². The molecule has 1 aliphatic rings. The lowest BCUT2D eigenvalue weighted by atomic mass is 10.1. The van der Waals surface area contributed by atoms with Gasteiger partial charge >= 0.3 is 5.97 Å². The molecule has 1 N–H and O–H groups in total. The van der Waals surface area contributed by atoms with Gasteiger partial charge in [0.2, 0.25) is 11.3 Å². The zero-order valence-electron chi connectivity index (χ0n) is 19.3. The average molecular weight is 483 g/mol. The van der Waals surface area contributed by atoms with Crippen LogP contribution in [0, 0.1) is 11.3 Å². The number of ether oxygens (including phenoxy) is 2. The molecule has 0 aliphatic carbocycles. The van der Waals surface area contributed by atoms with Crippen LogP contribution in [-0.2, 0) is 17.8 Å². The van der Waals surface area contributed by atoms with Crippen LogP contribution in [0.15, 0.2) is 59.8 Å². The number of methoxy groups -OCH3 is 1. The Morgan fingerprint density at radius 2 is 2.06 bits per heavy atom. The molecule has 1 aliphatic heterocycles. The molecule has 180 valence electrons. The maximum absolute atomic E-state index is 13.1. The van der Waals surface area contributed by atoms with Crippen molar-refractivity contribution >= 4 is 22.6 Å². The maximum Gasteiger partial charge on any atom is 0.341 e. The molecule has 0 spiro atoms. The summed E-state index contributed by atoms with van der Waals surface area (Å²) in [5, 5.41) is 19.7. The molecule has 0 saturated heterocycles. The minimum Gasteiger partial charge on any atom is -0.477 e. The molecule has 1 aromatic carbocycles. The van der Waals surface area contributed by atoms with E-state index in [1.165, 1.54) is 18.5 Å². The number of rotatable bonds is 7. The number of benzene rings is 1. The van der Waals surface area contributed by atoms with Crippen LogP contribution >= 0.6 is 0 Å². The fraction of sp³-hybridized carbons (Fsp3) is 0.192. The van der Waals surface area contributed by atoms with Crippen molar-refractivity contribution in [2.24, 2.45) is 0 Å². The van der Waals surface area contributed by atoms with E-state index in [9.17, 15) is 20.0 Å². The van der Waals surface area contributed by atoms with E-state index in [4.69, 9.17) is 9.47 Å². The topological polar surface area (TPSA) is 131 Å². The maximum atomic E-state index is 13.1. The van der Waals surface area contributed by atoms with Gasteiger partial charge in [-0.05, 0) is 29.8 Å². The number of carbonyl (C=O) groups is 1. The number of nitrogens with zero attached hydrogens (tertiary/aromatic N) is 5. The average Bonchev–Trinajstić information content (AvgIpc) is 3.33. The molecule has 0 bridgehead atoms. The second-order valence-corrected chi connectivity index (χ2v) is 8.21. The van der Waals surface area contributed by atoms with E-state index < -0.39 is 17.0 Å². The van der Waals surface area contributed by atoms with E-state index in [0.29, 0.717) is 49.1 Å². The van der Waals surface area contributed by atoms with Crippen LogP contribution in [0.3, 0.4) is 0 Å². The molecule has 0 unspecified atom stereocenters. The third-order valence-electron chi connectivity index (χ3n) is 6.04. The fourth-order valence-electron chi connectivity index (χ4n) is 4.28. The highest BCUT2D eigenvalue weighted by molar-refractivity contribution is 5.95. The van der Waals surface area contributed by atoms with Crippen molar-refractivity contribution in [3.8, 4) is 17.6 Å². The zero-order chi connectivity index (χ0) is 25.2. The highest BCUT2D eigenvalue weighted by Gasteiger charge is 2.24. The van der Waals surface area contributed by atoms with Gasteiger partial charge in [-0.1, -0.05) is 6.07 Å². The monoisotopic (exact) mass is 483 g/mol. The van der Waals surface area contributed by atoms with E-state index in [2.05, 4.69) is 16.0 Å². The second kappa shape index (κ2) is 9.48. The molecule has 4 aromatic rings. The Morgan fingerprint density at radius 3 is 2.75 bits per heavy atom. The van der Waals surface area contributed by atoms with Gasteiger partial charge < -0.3 is 24.0 Å². The molecular weight excluding hydrogens is 462 g/mol. The number of pyridine rings is 3. The summed E-state index contributed by atoms with van der Waals surface area (Å²) in [4.78, 5) is 35.7. The summed E-state index contributed by atoms with van der Waals surface area (Å²) in [6.45, 7) is 1.83. The molecule has 3 aromatic heterocycles. The van der Waals surface area contributed by atoms with Crippen molar-refractivity contribution in [2.45, 2.75) is 13.1 Å². The molecule has 5 rings (SSSR count). The summed E-state index contributed by atoms with van der Waals surface area (Å²) in [5.74, 6) is -0.971. The number of carboxylic acid groups (broad SMARTS) is 1. The lowest BCUT2D eigenvalue weighted by molar-refractivity contribution is 0.0695. The first kappa shape index (κ1) is 23.0. The Bertz CT molecular complexity index is 1550. The third kappa shape index (κ3) is 4.12. The number of carboxylic acids is 1. The minimum atomic E-state index is -1.35. The molecule has 0 saturated carbocycles. The molecule has 0 fully saturated rings. The van der Waals surface area contributed by atoms with Gasteiger partial charge in [0.15, 0.2) is 0 Å². The molecular formula is C26H21N5O5. The smallest absolute Gasteiger partial charge is 0.341 e. The van der Waals surface area contributed by atoms with E-state index in [-0.39, 0.29) is 10.9 Å². The molecule has 0 amide bonds. The quantitative estimate of drug-likeness (QED) is 0.394. The Kier molecular flexibility index (Phi) is 6.06. The number of hydrogen-bond acceptors (Lipinski definition) is 8. The molecule has 10 nitrogen and oxygen atoms in total. The predicted molar refractivity (Wildman–Crippen MR) is 131 cm³/mol. The van der Waals surface area contributed by atoms with Crippen molar-refractivity contribution < 1.29 is 19.4 Å². The van der Waals surface area contributed by atoms with E-state index >= 15 is 0 Å². The van der Waals surface area contributed by atoms with Crippen molar-refractivity contribution in [3.05, 3.63) is 87.6 Å².